The van der Waals surface area contributed by atoms with Crippen molar-refractivity contribution >= 4 is 0 Å². The zero-order chi connectivity index (χ0) is 15.2. The lowest BCUT2D eigenvalue weighted by molar-refractivity contribution is 0.191. The van der Waals surface area contributed by atoms with E-state index in [2.05, 4.69) is 29.0 Å². The summed E-state index contributed by atoms with van der Waals surface area (Å²) in [6, 6.07) is 0. The fourth-order valence-corrected chi connectivity index (χ4v) is 2.67. The minimum absolute atomic E-state index is 0.306. The zero-order valence-corrected chi connectivity index (χ0v) is 14.2. The van der Waals surface area contributed by atoms with Crippen LogP contribution in [0.5, 0.6) is 0 Å². The fourth-order valence-electron chi connectivity index (χ4n) is 2.67. The lowest BCUT2D eigenvalue weighted by Gasteiger charge is -2.29. The van der Waals surface area contributed by atoms with E-state index in [1.807, 2.05) is 13.8 Å². The van der Waals surface area contributed by atoms with Gasteiger partial charge in [0, 0.05) is 45.8 Å². The smallest absolute Gasteiger partial charge is 0.0558 e. The van der Waals surface area contributed by atoms with Crippen molar-refractivity contribution in [3.63, 3.8) is 0 Å². The lowest BCUT2D eigenvalue weighted by atomic mass is 10.1. The van der Waals surface area contributed by atoms with Crippen molar-refractivity contribution in [3.05, 3.63) is 0 Å². The van der Waals surface area contributed by atoms with E-state index >= 15 is 0 Å². The molecule has 2 heterocycles. The van der Waals surface area contributed by atoms with Gasteiger partial charge >= 0.3 is 0 Å². The molecular formula is C16H37N3O. The van der Waals surface area contributed by atoms with Crippen molar-refractivity contribution in [1.29, 1.82) is 0 Å². The number of aliphatic hydroxyl groups excluding tert-OH is 1. The summed E-state index contributed by atoms with van der Waals surface area (Å²) in [5.41, 5.74) is 0. The standard InChI is InChI=1S/C11H23N3O.C3H8.C2H6/c15-8-7-13-4-1-11(9-13)10-14-5-2-12-3-6-14;1-3-2;1-2/h11-12,15H,1-10H2;3H2,1-2H3;1-2H3/t11-;;/m1../s1. The molecule has 20 heavy (non-hydrogen) atoms. The van der Waals surface area contributed by atoms with Gasteiger partial charge in [0.2, 0.25) is 0 Å². The van der Waals surface area contributed by atoms with Gasteiger partial charge in [-0.2, -0.15) is 0 Å². The van der Waals surface area contributed by atoms with Gasteiger partial charge in [0.15, 0.2) is 0 Å². The third-order valence-electron chi connectivity index (χ3n) is 3.51. The molecule has 2 N–H and O–H groups in total. The molecule has 2 saturated heterocycles. The Morgan fingerprint density at radius 2 is 1.65 bits per heavy atom. The molecule has 4 nitrogen and oxygen atoms in total. The Kier molecular flexibility index (Phi) is 13.7. The van der Waals surface area contributed by atoms with Crippen molar-refractivity contribution in [2.24, 2.45) is 5.92 Å². The molecule has 4 heteroatoms. The van der Waals surface area contributed by atoms with Crippen LogP contribution in [0.25, 0.3) is 0 Å². The summed E-state index contributed by atoms with van der Waals surface area (Å²) in [7, 11) is 0. The first-order chi connectivity index (χ1) is 9.80. The molecule has 0 bridgehead atoms. The maximum atomic E-state index is 8.87. The van der Waals surface area contributed by atoms with Crippen LogP contribution >= 0.6 is 0 Å². The average Bonchev–Trinajstić information content (AvgIpc) is 2.91. The largest absolute Gasteiger partial charge is 0.395 e. The second-order valence-corrected chi connectivity index (χ2v) is 5.44. The lowest BCUT2D eigenvalue weighted by Crippen LogP contribution is -2.45. The first-order valence-corrected chi connectivity index (χ1v) is 8.56. The highest BCUT2D eigenvalue weighted by Gasteiger charge is 2.24. The van der Waals surface area contributed by atoms with Crippen LogP contribution in [0.1, 0.15) is 40.5 Å². The molecule has 2 aliphatic heterocycles. The molecule has 0 unspecified atom stereocenters. The normalized spacial score (nSPS) is 23.6. The first kappa shape index (κ1) is 19.8. The van der Waals surface area contributed by atoms with Gasteiger partial charge in [-0.05, 0) is 18.9 Å². The number of aliphatic hydroxyl groups is 1. The van der Waals surface area contributed by atoms with E-state index in [-0.39, 0.29) is 0 Å². The van der Waals surface area contributed by atoms with E-state index in [0.29, 0.717) is 6.61 Å². The minimum atomic E-state index is 0.306. The molecule has 0 aliphatic carbocycles. The summed E-state index contributed by atoms with van der Waals surface area (Å²) in [6.07, 6.45) is 2.56. The van der Waals surface area contributed by atoms with E-state index in [4.69, 9.17) is 5.11 Å². The zero-order valence-electron chi connectivity index (χ0n) is 14.2. The molecule has 0 amide bonds. The maximum absolute atomic E-state index is 8.87. The van der Waals surface area contributed by atoms with Crippen LogP contribution in [0, 0.1) is 5.92 Å². The molecule has 0 aromatic heterocycles. The van der Waals surface area contributed by atoms with Gasteiger partial charge in [-0.1, -0.05) is 34.1 Å². The highest BCUT2D eigenvalue weighted by molar-refractivity contribution is 4.79. The van der Waals surface area contributed by atoms with Crippen LogP contribution in [-0.4, -0.2) is 73.9 Å². The highest BCUT2D eigenvalue weighted by atomic mass is 16.3. The Hall–Kier alpha value is -0.160. The molecule has 2 aliphatic rings. The van der Waals surface area contributed by atoms with Gasteiger partial charge in [-0.3, -0.25) is 0 Å². The Labute approximate surface area is 126 Å². The molecule has 0 aromatic rings. The van der Waals surface area contributed by atoms with E-state index in [1.165, 1.54) is 45.6 Å². The van der Waals surface area contributed by atoms with Crippen molar-refractivity contribution in [2.75, 3.05) is 59.0 Å². The van der Waals surface area contributed by atoms with E-state index < -0.39 is 0 Å². The molecular weight excluding hydrogens is 250 g/mol. The molecule has 0 spiro atoms. The van der Waals surface area contributed by atoms with Gasteiger partial charge in [0.05, 0.1) is 6.61 Å². The Balaban J connectivity index is 0.000000641. The van der Waals surface area contributed by atoms with Gasteiger partial charge in [-0.15, -0.1) is 0 Å². The van der Waals surface area contributed by atoms with Crippen molar-refractivity contribution < 1.29 is 5.11 Å². The predicted molar refractivity (Wildman–Crippen MR) is 88.3 cm³/mol. The van der Waals surface area contributed by atoms with Crippen molar-refractivity contribution in [3.8, 4) is 0 Å². The molecule has 2 rings (SSSR count). The van der Waals surface area contributed by atoms with E-state index in [1.54, 1.807) is 0 Å². The van der Waals surface area contributed by atoms with Crippen molar-refractivity contribution in [1.82, 2.24) is 15.1 Å². The highest BCUT2D eigenvalue weighted by Crippen LogP contribution is 2.17. The number of nitrogens with one attached hydrogen (secondary N) is 1. The molecule has 0 aromatic carbocycles. The number of rotatable bonds is 4. The summed E-state index contributed by atoms with van der Waals surface area (Å²) in [4.78, 5) is 4.95. The minimum Gasteiger partial charge on any atom is -0.395 e. The second-order valence-electron chi connectivity index (χ2n) is 5.44. The monoisotopic (exact) mass is 287 g/mol. The van der Waals surface area contributed by atoms with Crippen LogP contribution in [-0.2, 0) is 0 Å². The Morgan fingerprint density at radius 1 is 1.05 bits per heavy atom. The number of hydrogen-bond donors (Lipinski definition) is 2. The third kappa shape index (κ3) is 8.90. The number of hydrogen-bond acceptors (Lipinski definition) is 4. The molecule has 0 saturated carbocycles. The number of nitrogens with zero attached hydrogens (tertiary/aromatic N) is 2. The molecule has 1 atom stereocenters. The Bertz CT molecular complexity index is 196. The quantitative estimate of drug-likeness (QED) is 0.825. The number of piperazine rings is 1. The third-order valence-corrected chi connectivity index (χ3v) is 3.51. The van der Waals surface area contributed by atoms with Gasteiger partial charge in [0.25, 0.3) is 0 Å². The average molecular weight is 287 g/mol. The molecule has 2 fully saturated rings. The summed E-state index contributed by atoms with van der Waals surface area (Å²) >= 11 is 0. The first-order valence-electron chi connectivity index (χ1n) is 8.56. The van der Waals surface area contributed by atoms with Crippen LogP contribution < -0.4 is 5.32 Å². The maximum Gasteiger partial charge on any atom is 0.0558 e. The van der Waals surface area contributed by atoms with E-state index in [0.717, 1.165) is 25.6 Å². The SMILES string of the molecule is CC.CCC.OCCN1CC[C@@H](CN2CCNCC2)C1. The summed E-state index contributed by atoms with van der Waals surface area (Å²) in [5.74, 6) is 0.828. The predicted octanol–water partition coefficient (Wildman–Crippen LogP) is 1.65. The van der Waals surface area contributed by atoms with Crippen LogP contribution in [0.4, 0.5) is 0 Å². The van der Waals surface area contributed by atoms with Crippen molar-refractivity contribution in [2.45, 2.75) is 40.5 Å². The number of likely N-dealkylation sites (tertiary alicyclic amines) is 1. The van der Waals surface area contributed by atoms with Gasteiger partial charge in [0.1, 0.15) is 0 Å². The number of β-amino-alcohol motifs (C(OH)–C–C–N with tert-alkyl or cyclic N) is 1. The van der Waals surface area contributed by atoms with E-state index in [9.17, 15) is 0 Å². The van der Waals surface area contributed by atoms with Gasteiger partial charge < -0.3 is 20.2 Å². The van der Waals surface area contributed by atoms with Crippen LogP contribution in [0.15, 0.2) is 0 Å². The summed E-state index contributed by atoms with van der Waals surface area (Å²) in [5, 5.41) is 12.3. The Morgan fingerprint density at radius 3 is 2.20 bits per heavy atom. The molecule has 122 valence electrons. The summed E-state index contributed by atoms with van der Waals surface area (Å²) in [6.45, 7) is 17.7. The van der Waals surface area contributed by atoms with Crippen LogP contribution in [0.2, 0.25) is 0 Å². The fraction of sp³-hybridized carbons (Fsp3) is 1.00. The van der Waals surface area contributed by atoms with Gasteiger partial charge in [-0.25, -0.2) is 0 Å². The topological polar surface area (TPSA) is 38.7 Å². The second kappa shape index (κ2) is 13.8. The van der Waals surface area contributed by atoms with Crippen LogP contribution in [0.3, 0.4) is 0 Å². The molecule has 0 radical (unpaired) electrons. The summed E-state index contributed by atoms with van der Waals surface area (Å²) < 4.78 is 0.